The Morgan fingerprint density at radius 2 is 1.57 bits per heavy atom. The summed E-state index contributed by atoms with van der Waals surface area (Å²) >= 11 is 0. The molecule has 4 nitrogen and oxygen atoms in total. The number of halogens is 2. The van der Waals surface area contributed by atoms with Gasteiger partial charge in [-0.05, 0) is 24.3 Å². The van der Waals surface area contributed by atoms with Crippen molar-refractivity contribution in [1.29, 1.82) is 0 Å². The number of carbonyl (C=O) groups excluding carboxylic acids is 2. The zero-order valence-electron chi connectivity index (χ0n) is 10.8. The summed E-state index contributed by atoms with van der Waals surface area (Å²) < 4.78 is 31.3. The molecule has 6 heteroatoms. The largest absolute Gasteiger partial charge is 0.452 e. The molecule has 0 aliphatic heterocycles. The van der Waals surface area contributed by atoms with E-state index in [0.717, 1.165) is 6.07 Å². The molecule has 2 aromatic carbocycles. The monoisotopic (exact) mass is 291 g/mol. The maximum absolute atomic E-state index is 13.3. The number of esters is 1. The highest BCUT2D eigenvalue weighted by Gasteiger charge is 2.14. The molecule has 1 amide bonds. The fraction of sp³-hybridized carbons (Fsp3) is 0.0667. The van der Waals surface area contributed by atoms with Crippen LogP contribution in [0.5, 0.6) is 0 Å². The number of para-hydroxylation sites is 1. The van der Waals surface area contributed by atoms with E-state index in [-0.39, 0.29) is 11.3 Å². The topological polar surface area (TPSA) is 55.4 Å². The Bertz CT molecular complexity index is 673. The molecule has 21 heavy (non-hydrogen) atoms. The van der Waals surface area contributed by atoms with E-state index in [1.54, 1.807) is 6.07 Å². The van der Waals surface area contributed by atoms with Crippen molar-refractivity contribution >= 4 is 17.6 Å². The maximum atomic E-state index is 13.3. The third-order valence-corrected chi connectivity index (χ3v) is 2.58. The van der Waals surface area contributed by atoms with Crippen molar-refractivity contribution in [2.75, 3.05) is 11.9 Å². The van der Waals surface area contributed by atoms with Gasteiger partial charge in [0, 0.05) is 0 Å². The minimum absolute atomic E-state index is 0.0237. The van der Waals surface area contributed by atoms with Gasteiger partial charge in [0.15, 0.2) is 6.61 Å². The fourth-order valence-electron chi connectivity index (χ4n) is 1.58. The molecule has 0 aliphatic rings. The fourth-order valence-corrected chi connectivity index (χ4v) is 1.58. The second-order valence-electron chi connectivity index (χ2n) is 4.08. The summed E-state index contributed by atoms with van der Waals surface area (Å²) in [5.74, 6) is -3.02. The molecule has 0 heterocycles. The van der Waals surface area contributed by atoms with Crippen LogP contribution < -0.4 is 5.32 Å². The van der Waals surface area contributed by atoms with Crippen molar-refractivity contribution in [2.45, 2.75) is 0 Å². The summed E-state index contributed by atoms with van der Waals surface area (Å²) in [5, 5.41) is 2.25. The number of rotatable bonds is 4. The lowest BCUT2D eigenvalue weighted by atomic mass is 10.2. The van der Waals surface area contributed by atoms with Crippen molar-refractivity contribution in [3.63, 3.8) is 0 Å². The van der Waals surface area contributed by atoms with Crippen LogP contribution in [0.1, 0.15) is 10.4 Å². The highest BCUT2D eigenvalue weighted by Crippen LogP contribution is 2.12. The smallest absolute Gasteiger partial charge is 0.341 e. The lowest BCUT2D eigenvalue weighted by Crippen LogP contribution is -2.21. The van der Waals surface area contributed by atoms with Crippen LogP contribution in [0.2, 0.25) is 0 Å². The Hall–Kier alpha value is -2.76. The molecule has 0 saturated heterocycles. The van der Waals surface area contributed by atoms with Gasteiger partial charge in [-0.2, -0.15) is 0 Å². The molecule has 2 aromatic rings. The first-order chi connectivity index (χ1) is 10.1. The number of hydrogen-bond donors (Lipinski definition) is 1. The van der Waals surface area contributed by atoms with Crippen molar-refractivity contribution < 1.29 is 23.1 Å². The number of amides is 1. The third-order valence-electron chi connectivity index (χ3n) is 2.58. The average Bonchev–Trinajstić information content (AvgIpc) is 2.48. The zero-order valence-corrected chi connectivity index (χ0v) is 10.8. The molecule has 0 unspecified atom stereocenters. The summed E-state index contributed by atoms with van der Waals surface area (Å²) in [4.78, 5) is 23.1. The van der Waals surface area contributed by atoms with E-state index in [4.69, 9.17) is 0 Å². The van der Waals surface area contributed by atoms with Gasteiger partial charge < -0.3 is 10.1 Å². The maximum Gasteiger partial charge on any atom is 0.341 e. The molecule has 0 aliphatic carbocycles. The summed E-state index contributed by atoms with van der Waals surface area (Å²) in [6.07, 6.45) is 0. The molecular weight excluding hydrogens is 280 g/mol. The Balaban J connectivity index is 1.91. The van der Waals surface area contributed by atoms with Gasteiger partial charge in [0.1, 0.15) is 11.6 Å². The Kier molecular flexibility index (Phi) is 4.61. The Labute approximate surface area is 119 Å². The van der Waals surface area contributed by atoms with Gasteiger partial charge in [0.05, 0.1) is 11.3 Å². The van der Waals surface area contributed by atoms with Gasteiger partial charge in [0.25, 0.3) is 5.91 Å². The van der Waals surface area contributed by atoms with Crippen LogP contribution >= 0.6 is 0 Å². The number of ether oxygens (including phenoxy) is 1. The molecule has 0 fully saturated rings. The molecule has 2 rings (SSSR count). The number of anilines is 1. The molecule has 0 atom stereocenters. The van der Waals surface area contributed by atoms with E-state index < -0.39 is 30.1 Å². The number of carbonyl (C=O) groups is 2. The van der Waals surface area contributed by atoms with Gasteiger partial charge in [-0.25, -0.2) is 13.6 Å². The first-order valence-electron chi connectivity index (χ1n) is 6.04. The van der Waals surface area contributed by atoms with Crippen LogP contribution in [0, 0.1) is 11.6 Å². The van der Waals surface area contributed by atoms with Crippen molar-refractivity contribution in [3.8, 4) is 0 Å². The molecule has 0 bridgehead atoms. The Morgan fingerprint density at radius 3 is 2.24 bits per heavy atom. The lowest BCUT2D eigenvalue weighted by Gasteiger charge is -2.07. The summed E-state index contributed by atoms with van der Waals surface area (Å²) in [5.41, 5.74) is -0.291. The number of nitrogens with one attached hydrogen (secondary N) is 1. The van der Waals surface area contributed by atoms with Crippen molar-refractivity contribution in [1.82, 2.24) is 0 Å². The van der Waals surface area contributed by atoms with Crippen LogP contribution in [0.25, 0.3) is 0 Å². The normalized spacial score (nSPS) is 10.0. The highest BCUT2D eigenvalue weighted by atomic mass is 19.1. The molecule has 1 N–H and O–H groups in total. The third kappa shape index (κ3) is 3.85. The van der Waals surface area contributed by atoms with Gasteiger partial charge in [0.2, 0.25) is 0 Å². The quantitative estimate of drug-likeness (QED) is 0.881. The minimum Gasteiger partial charge on any atom is -0.452 e. The second kappa shape index (κ2) is 6.60. The van der Waals surface area contributed by atoms with Crippen LogP contribution in [-0.4, -0.2) is 18.5 Å². The van der Waals surface area contributed by atoms with E-state index in [0.29, 0.717) is 0 Å². The van der Waals surface area contributed by atoms with Crippen LogP contribution in [0.4, 0.5) is 14.5 Å². The van der Waals surface area contributed by atoms with Gasteiger partial charge in [-0.15, -0.1) is 0 Å². The van der Waals surface area contributed by atoms with E-state index in [1.807, 2.05) is 0 Å². The van der Waals surface area contributed by atoms with Crippen LogP contribution in [0.3, 0.4) is 0 Å². The SMILES string of the molecule is O=C(COC(=O)c1ccccc1F)Nc1ccccc1F. The van der Waals surface area contributed by atoms with E-state index >= 15 is 0 Å². The molecule has 0 radical (unpaired) electrons. The predicted octanol–water partition coefficient (Wildman–Crippen LogP) is 2.76. The first kappa shape index (κ1) is 14.6. The average molecular weight is 291 g/mol. The minimum atomic E-state index is -0.961. The predicted molar refractivity (Wildman–Crippen MR) is 71.7 cm³/mol. The zero-order chi connectivity index (χ0) is 15.2. The molecule has 108 valence electrons. The molecular formula is C15H11F2NO3. The van der Waals surface area contributed by atoms with E-state index in [9.17, 15) is 18.4 Å². The van der Waals surface area contributed by atoms with E-state index in [1.165, 1.54) is 36.4 Å². The van der Waals surface area contributed by atoms with Crippen LogP contribution in [-0.2, 0) is 9.53 Å². The van der Waals surface area contributed by atoms with Crippen molar-refractivity contribution in [2.24, 2.45) is 0 Å². The summed E-state index contributed by atoms with van der Waals surface area (Å²) in [7, 11) is 0. The van der Waals surface area contributed by atoms with E-state index in [2.05, 4.69) is 10.1 Å². The molecule has 0 aromatic heterocycles. The number of hydrogen-bond acceptors (Lipinski definition) is 3. The van der Waals surface area contributed by atoms with Gasteiger partial charge in [-0.1, -0.05) is 24.3 Å². The summed E-state index contributed by atoms with van der Waals surface area (Å²) in [6, 6.07) is 10.8. The lowest BCUT2D eigenvalue weighted by molar-refractivity contribution is -0.119. The van der Waals surface area contributed by atoms with Gasteiger partial charge in [-0.3, -0.25) is 4.79 Å². The molecule has 0 spiro atoms. The highest BCUT2D eigenvalue weighted by molar-refractivity contribution is 5.95. The Morgan fingerprint density at radius 1 is 0.952 bits per heavy atom. The standard InChI is InChI=1S/C15H11F2NO3/c16-11-6-2-1-5-10(11)15(20)21-9-14(19)18-13-8-4-3-7-12(13)17/h1-8H,9H2,(H,18,19). The van der Waals surface area contributed by atoms with Crippen molar-refractivity contribution in [3.05, 3.63) is 65.7 Å². The van der Waals surface area contributed by atoms with Crippen LogP contribution in [0.15, 0.2) is 48.5 Å². The summed E-state index contributed by atoms with van der Waals surface area (Å²) in [6.45, 7) is -0.637. The molecule has 0 saturated carbocycles. The number of benzene rings is 2. The van der Waals surface area contributed by atoms with Gasteiger partial charge >= 0.3 is 5.97 Å². The first-order valence-corrected chi connectivity index (χ1v) is 6.04. The second-order valence-corrected chi connectivity index (χ2v) is 4.08.